The Hall–Kier alpha value is -1.72. The van der Waals surface area contributed by atoms with E-state index in [1.807, 2.05) is 7.05 Å². The molecule has 2 heterocycles. The highest BCUT2D eigenvalue weighted by molar-refractivity contribution is 5.66. The molecule has 76 valence electrons. The van der Waals surface area contributed by atoms with Crippen LogP contribution < -0.4 is 10.6 Å². The van der Waals surface area contributed by atoms with Crippen LogP contribution >= 0.6 is 0 Å². The Morgan fingerprint density at radius 2 is 2.64 bits per heavy atom. The van der Waals surface area contributed by atoms with Gasteiger partial charge in [-0.2, -0.15) is 5.10 Å². The van der Waals surface area contributed by atoms with E-state index < -0.39 is 6.09 Å². The number of hydrogen-bond acceptors (Lipinski definition) is 3. The second-order valence-corrected chi connectivity index (χ2v) is 3.28. The summed E-state index contributed by atoms with van der Waals surface area (Å²) in [6.07, 6.45) is 1.47. The van der Waals surface area contributed by atoms with E-state index >= 15 is 0 Å². The molecule has 1 aromatic rings. The standard InChI is InChI=1S/C8H12N4O2/c1-12-7-5(11-8(13)14)2-3-9-6(7)4-10-12/h4-5,9,11H,2-3H2,1H3,(H,13,14). The second kappa shape index (κ2) is 3.21. The summed E-state index contributed by atoms with van der Waals surface area (Å²) in [4.78, 5) is 10.5. The molecule has 3 N–H and O–H groups in total. The van der Waals surface area contributed by atoms with Gasteiger partial charge in [-0.25, -0.2) is 4.79 Å². The lowest BCUT2D eigenvalue weighted by atomic mass is 10.1. The van der Waals surface area contributed by atoms with E-state index in [0.29, 0.717) is 0 Å². The number of nitrogens with zero attached hydrogens (tertiary/aromatic N) is 2. The minimum absolute atomic E-state index is 0.156. The van der Waals surface area contributed by atoms with Crippen LogP contribution in [-0.4, -0.2) is 27.5 Å². The van der Waals surface area contributed by atoms with Gasteiger partial charge in [0, 0.05) is 13.6 Å². The molecule has 6 nitrogen and oxygen atoms in total. The van der Waals surface area contributed by atoms with Crippen molar-refractivity contribution in [2.24, 2.45) is 7.05 Å². The molecule has 1 aliphatic heterocycles. The minimum Gasteiger partial charge on any atom is -0.465 e. The molecule has 0 fully saturated rings. The third-order valence-electron chi connectivity index (χ3n) is 2.36. The SMILES string of the molecule is Cn1ncc2c1C(NC(=O)O)CCN2. The summed E-state index contributed by atoms with van der Waals surface area (Å²) in [5, 5.41) is 18.4. The summed E-state index contributed by atoms with van der Waals surface area (Å²) in [6.45, 7) is 0.768. The first-order valence-corrected chi connectivity index (χ1v) is 4.43. The van der Waals surface area contributed by atoms with Crippen LogP contribution in [0.15, 0.2) is 6.20 Å². The van der Waals surface area contributed by atoms with Crippen LogP contribution in [0.5, 0.6) is 0 Å². The predicted molar refractivity (Wildman–Crippen MR) is 50.2 cm³/mol. The normalized spacial score (nSPS) is 19.6. The molecule has 1 aliphatic rings. The largest absolute Gasteiger partial charge is 0.465 e. The number of fused-ring (bicyclic) bond motifs is 1. The molecule has 0 radical (unpaired) electrons. The number of amides is 1. The summed E-state index contributed by atoms with van der Waals surface area (Å²) in [7, 11) is 1.81. The molecular weight excluding hydrogens is 184 g/mol. The lowest BCUT2D eigenvalue weighted by Crippen LogP contribution is -2.32. The molecule has 0 saturated carbocycles. The van der Waals surface area contributed by atoms with Crippen LogP contribution in [0.25, 0.3) is 0 Å². The van der Waals surface area contributed by atoms with Crippen molar-refractivity contribution in [2.45, 2.75) is 12.5 Å². The summed E-state index contributed by atoms with van der Waals surface area (Å²) in [5.74, 6) is 0. The second-order valence-electron chi connectivity index (χ2n) is 3.28. The van der Waals surface area contributed by atoms with E-state index in [9.17, 15) is 4.79 Å². The topological polar surface area (TPSA) is 79.2 Å². The van der Waals surface area contributed by atoms with Gasteiger partial charge in [0.15, 0.2) is 0 Å². The lowest BCUT2D eigenvalue weighted by Gasteiger charge is -2.24. The fourth-order valence-electron chi connectivity index (χ4n) is 1.77. The van der Waals surface area contributed by atoms with Gasteiger partial charge in [0.1, 0.15) is 0 Å². The molecule has 0 aromatic carbocycles. The minimum atomic E-state index is -0.996. The maximum atomic E-state index is 10.5. The quantitative estimate of drug-likeness (QED) is 0.612. The molecule has 1 unspecified atom stereocenters. The number of nitrogens with one attached hydrogen (secondary N) is 2. The maximum Gasteiger partial charge on any atom is 0.405 e. The predicted octanol–water partition coefficient (Wildman–Crippen LogP) is 0.544. The molecule has 0 aliphatic carbocycles. The van der Waals surface area contributed by atoms with Crippen LogP contribution in [0.2, 0.25) is 0 Å². The van der Waals surface area contributed by atoms with Gasteiger partial charge in [-0.1, -0.05) is 0 Å². The van der Waals surface area contributed by atoms with Crippen molar-refractivity contribution < 1.29 is 9.90 Å². The first-order valence-electron chi connectivity index (χ1n) is 4.43. The van der Waals surface area contributed by atoms with Crippen LogP contribution in [0.4, 0.5) is 10.5 Å². The Morgan fingerprint density at radius 1 is 1.86 bits per heavy atom. The summed E-state index contributed by atoms with van der Waals surface area (Å²) < 4.78 is 1.70. The van der Waals surface area contributed by atoms with Crippen molar-refractivity contribution in [1.82, 2.24) is 15.1 Å². The third-order valence-corrected chi connectivity index (χ3v) is 2.36. The third kappa shape index (κ3) is 1.39. The highest BCUT2D eigenvalue weighted by Crippen LogP contribution is 2.28. The fourth-order valence-corrected chi connectivity index (χ4v) is 1.77. The summed E-state index contributed by atoms with van der Waals surface area (Å²) in [6, 6.07) is -0.156. The van der Waals surface area contributed by atoms with Crippen LogP contribution in [0, 0.1) is 0 Å². The van der Waals surface area contributed by atoms with Crippen LogP contribution in [0.1, 0.15) is 18.2 Å². The zero-order chi connectivity index (χ0) is 10.1. The van der Waals surface area contributed by atoms with Gasteiger partial charge in [0.2, 0.25) is 0 Å². The van der Waals surface area contributed by atoms with Crippen LogP contribution in [0.3, 0.4) is 0 Å². The van der Waals surface area contributed by atoms with Gasteiger partial charge in [-0.3, -0.25) is 4.68 Å². The number of carboxylic acid groups (broad SMARTS) is 1. The molecule has 1 atom stereocenters. The van der Waals surface area contributed by atoms with Gasteiger partial charge in [0.25, 0.3) is 0 Å². The van der Waals surface area contributed by atoms with Gasteiger partial charge < -0.3 is 15.7 Å². The summed E-state index contributed by atoms with van der Waals surface area (Å²) in [5.41, 5.74) is 1.82. The average Bonchev–Trinajstić information content (AvgIpc) is 2.48. The number of hydrogen-bond donors (Lipinski definition) is 3. The molecule has 2 rings (SSSR count). The van der Waals surface area contributed by atoms with Crippen molar-refractivity contribution in [1.29, 1.82) is 0 Å². The maximum absolute atomic E-state index is 10.5. The zero-order valence-corrected chi connectivity index (χ0v) is 7.82. The van der Waals surface area contributed by atoms with Crippen molar-refractivity contribution >= 4 is 11.8 Å². The zero-order valence-electron chi connectivity index (χ0n) is 7.82. The van der Waals surface area contributed by atoms with Crippen molar-refractivity contribution in [3.05, 3.63) is 11.9 Å². The Balaban J connectivity index is 2.29. The smallest absolute Gasteiger partial charge is 0.405 e. The molecule has 6 heteroatoms. The fraction of sp³-hybridized carbons (Fsp3) is 0.500. The molecule has 1 aromatic heterocycles. The molecular formula is C8H12N4O2. The number of aryl methyl sites for hydroxylation is 1. The molecule has 0 bridgehead atoms. The molecule has 0 saturated heterocycles. The van der Waals surface area contributed by atoms with E-state index in [-0.39, 0.29) is 6.04 Å². The van der Waals surface area contributed by atoms with Crippen molar-refractivity contribution in [3.8, 4) is 0 Å². The van der Waals surface area contributed by atoms with Crippen molar-refractivity contribution in [3.63, 3.8) is 0 Å². The van der Waals surface area contributed by atoms with E-state index in [4.69, 9.17) is 5.11 Å². The Kier molecular flexibility index (Phi) is 2.03. The Labute approximate surface area is 80.9 Å². The van der Waals surface area contributed by atoms with Gasteiger partial charge in [-0.05, 0) is 6.42 Å². The summed E-state index contributed by atoms with van der Waals surface area (Å²) >= 11 is 0. The first kappa shape index (κ1) is 8.86. The Morgan fingerprint density at radius 3 is 3.36 bits per heavy atom. The highest BCUT2D eigenvalue weighted by Gasteiger charge is 2.24. The van der Waals surface area contributed by atoms with Crippen LogP contribution in [-0.2, 0) is 7.05 Å². The number of carbonyl (C=O) groups is 1. The Bertz CT molecular complexity index is 360. The number of rotatable bonds is 1. The van der Waals surface area contributed by atoms with E-state index in [2.05, 4.69) is 15.7 Å². The molecule has 14 heavy (non-hydrogen) atoms. The molecule has 0 spiro atoms. The van der Waals surface area contributed by atoms with Gasteiger partial charge >= 0.3 is 6.09 Å². The number of aromatic nitrogens is 2. The monoisotopic (exact) mass is 196 g/mol. The number of anilines is 1. The van der Waals surface area contributed by atoms with E-state index in [1.54, 1.807) is 10.9 Å². The van der Waals surface area contributed by atoms with Crippen molar-refractivity contribution in [2.75, 3.05) is 11.9 Å². The first-order chi connectivity index (χ1) is 6.68. The van der Waals surface area contributed by atoms with E-state index in [0.717, 1.165) is 24.3 Å². The van der Waals surface area contributed by atoms with Gasteiger partial charge in [0.05, 0.1) is 23.6 Å². The van der Waals surface area contributed by atoms with Gasteiger partial charge in [-0.15, -0.1) is 0 Å². The highest BCUT2D eigenvalue weighted by atomic mass is 16.4. The van der Waals surface area contributed by atoms with E-state index in [1.165, 1.54) is 0 Å². The average molecular weight is 196 g/mol. The lowest BCUT2D eigenvalue weighted by molar-refractivity contribution is 0.188. The molecule has 1 amide bonds.